The molecule has 0 bridgehead atoms. The average molecular weight is 363 g/mol. The van der Waals surface area contributed by atoms with Crippen molar-refractivity contribution in [3.63, 3.8) is 0 Å². The normalized spacial score (nSPS) is 11.4. The van der Waals surface area contributed by atoms with Gasteiger partial charge in [0.05, 0.1) is 11.8 Å². The zero-order valence-electron chi connectivity index (χ0n) is 14.5. The summed E-state index contributed by atoms with van der Waals surface area (Å²) < 4.78 is 10.3. The maximum atomic E-state index is 12.8. The third kappa shape index (κ3) is 4.49. The Labute approximate surface area is 155 Å². The second-order valence-corrected chi connectivity index (χ2v) is 5.83. The average Bonchev–Trinajstić information content (AvgIpc) is 3.21. The highest BCUT2D eigenvalue weighted by molar-refractivity contribution is 6.00. The predicted molar refractivity (Wildman–Crippen MR) is 98.4 cm³/mol. The van der Waals surface area contributed by atoms with Crippen LogP contribution in [-0.4, -0.2) is 17.7 Å². The minimum Gasteiger partial charge on any atom is -0.472 e. The van der Waals surface area contributed by atoms with E-state index in [-0.39, 0.29) is 11.3 Å². The van der Waals surface area contributed by atoms with Gasteiger partial charge in [0.1, 0.15) is 6.26 Å². The van der Waals surface area contributed by atoms with Gasteiger partial charge in [-0.1, -0.05) is 42.5 Å². The number of hydrogen-bond acceptors (Lipinski definition) is 5. The van der Waals surface area contributed by atoms with Crippen molar-refractivity contribution in [2.24, 2.45) is 0 Å². The summed E-state index contributed by atoms with van der Waals surface area (Å²) in [4.78, 5) is 36.6. The van der Waals surface area contributed by atoms with Gasteiger partial charge in [0.2, 0.25) is 6.10 Å². The number of anilines is 1. The molecule has 0 aliphatic rings. The number of esters is 1. The number of rotatable bonds is 6. The molecule has 1 N–H and O–H groups in total. The number of hydrogen-bond donors (Lipinski definition) is 1. The summed E-state index contributed by atoms with van der Waals surface area (Å²) in [5.41, 5.74) is 1.64. The molecule has 1 heterocycles. The van der Waals surface area contributed by atoms with Crippen LogP contribution in [0, 0.1) is 0 Å². The summed E-state index contributed by atoms with van der Waals surface area (Å²) >= 11 is 0. The lowest BCUT2D eigenvalue weighted by Crippen LogP contribution is -2.26. The van der Waals surface area contributed by atoms with Crippen molar-refractivity contribution in [3.8, 4) is 0 Å². The van der Waals surface area contributed by atoms with Crippen LogP contribution >= 0.6 is 0 Å². The lowest BCUT2D eigenvalue weighted by molar-refractivity contribution is -0.125. The van der Waals surface area contributed by atoms with Gasteiger partial charge in [-0.25, -0.2) is 4.79 Å². The van der Waals surface area contributed by atoms with Gasteiger partial charge in [0.25, 0.3) is 5.91 Å². The van der Waals surface area contributed by atoms with Gasteiger partial charge in [0, 0.05) is 16.8 Å². The summed E-state index contributed by atoms with van der Waals surface area (Å²) in [6.45, 7) is 1.44. The Morgan fingerprint density at radius 3 is 2.41 bits per heavy atom. The lowest BCUT2D eigenvalue weighted by atomic mass is 10.1. The van der Waals surface area contributed by atoms with Crippen LogP contribution in [0.1, 0.15) is 39.3 Å². The van der Waals surface area contributed by atoms with Gasteiger partial charge in [0.15, 0.2) is 5.78 Å². The van der Waals surface area contributed by atoms with E-state index in [1.54, 1.807) is 54.6 Å². The SMILES string of the molecule is CC(=O)c1cccc(NC(=O)C(OC(=O)c2ccoc2)c2ccccc2)c1. The predicted octanol–water partition coefficient (Wildman–Crippen LogP) is 4.02. The molecule has 3 rings (SSSR count). The zero-order valence-corrected chi connectivity index (χ0v) is 14.5. The van der Waals surface area contributed by atoms with Crippen LogP contribution in [0.2, 0.25) is 0 Å². The van der Waals surface area contributed by atoms with Crippen LogP contribution in [0.4, 0.5) is 5.69 Å². The Kier molecular flexibility index (Phi) is 5.47. The quantitative estimate of drug-likeness (QED) is 0.528. The molecule has 0 aliphatic carbocycles. The molecule has 0 saturated carbocycles. The maximum Gasteiger partial charge on any atom is 0.342 e. The van der Waals surface area contributed by atoms with E-state index in [0.29, 0.717) is 16.8 Å². The second-order valence-electron chi connectivity index (χ2n) is 5.83. The van der Waals surface area contributed by atoms with Gasteiger partial charge in [-0.15, -0.1) is 0 Å². The van der Waals surface area contributed by atoms with Crippen molar-refractivity contribution in [1.29, 1.82) is 0 Å². The fourth-order valence-corrected chi connectivity index (χ4v) is 2.48. The molecular formula is C21H17NO5. The molecule has 136 valence electrons. The van der Waals surface area contributed by atoms with Crippen LogP contribution in [0.5, 0.6) is 0 Å². The largest absolute Gasteiger partial charge is 0.472 e. The number of furan rings is 1. The van der Waals surface area contributed by atoms with Gasteiger partial charge in [-0.3, -0.25) is 9.59 Å². The van der Waals surface area contributed by atoms with Crippen molar-refractivity contribution in [1.82, 2.24) is 0 Å². The molecule has 6 nitrogen and oxygen atoms in total. The molecular weight excluding hydrogens is 346 g/mol. The third-order valence-electron chi connectivity index (χ3n) is 3.86. The van der Waals surface area contributed by atoms with Crippen molar-refractivity contribution >= 4 is 23.3 Å². The fourth-order valence-electron chi connectivity index (χ4n) is 2.48. The number of benzene rings is 2. The van der Waals surface area contributed by atoms with E-state index in [9.17, 15) is 14.4 Å². The standard InChI is InChI=1S/C21H17NO5/c1-14(23)16-8-5-9-18(12-16)22-20(24)19(15-6-3-2-4-7-15)27-21(25)17-10-11-26-13-17/h2-13,19H,1H3,(H,22,24). The van der Waals surface area contributed by atoms with Gasteiger partial charge < -0.3 is 14.5 Å². The molecule has 2 aromatic carbocycles. The van der Waals surface area contributed by atoms with Crippen molar-refractivity contribution < 1.29 is 23.5 Å². The minimum absolute atomic E-state index is 0.114. The van der Waals surface area contributed by atoms with E-state index in [4.69, 9.17) is 9.15 Å². The summed E-state index contributed by atoms with van der Waals surface area (Å²) in [5.74, 6) is -1.32. The van der Waals surface area contributed by atoms with Gasteiger partial charge in [-0.2, -0.15) is 0 Å². The number of carbonyl (C=O) groups is 3. The van der Waals surface area contributed by atoms with E-state index < -0.39 is 18.0 Å². The first kappa shape index (κ1) is 18.1. The fraction of sp³-hybridized carbons (Fsp3) is 0.0952. The Hall–Kier alpha value is -3.67. The molecule has 0 radical (unpaired) electrons. The number of ether oxygens (including phenoxy) is 1. The Bertz CT molecular complexity index is 948. The van der Waals surface area contributed by atoms with Crippen molar-refractivity contribution in [2.45, 2.75) is 13.0 Å². The first-order valence-corrected chi connectivity index (χ1v) is 8.24. The summed E-state index contributed by atoms with van der Waals surface area (Å²) in [6, 6.07) is 16.7. The molecule has 0 aliphatic heterocycles. The van der Waals surface area contributed by atoms with E-state index in [1.165, 1.54) is 25.5 Å². The molecule has 1 aromatic heterocycles. The summed E-state index contributed by atoms with van der Waals surface area (Å²) in [7, 11) is 0. The highest BCUT2D eigenvalue weighted by Crippen LogP contribution is 2.22. The number of amides is 1. The molecule has 3 aromatic rings. The second kappa shape index (κ2) is 8.14. The maximum absolute atomic E-state index is 12.8. The van der Waals surface area contributed by atoms with E-state index >= 15 is 0 Å². The van der Waals surface area contributed by atoms with E-state index in [0.717, 1.165) is 0 Å². The van der Waals surface area contributed by atoms with Crippen molar-refractivity contribution in [3.05, 3.63) is 89.9 Å². The van der Waals surface area contributed by atoms with Gasteiger partial charge in [-0.05, 0) is 25.1 Å². The third-order valence-corrected chi connectivity index (χ3v) is 3.86. The first-order valence-electron chi connectivity index (χ1n) is 8.24. The van der Waals surface area contributed by atoms with E-state index in [2.05, 4.69) is 5.32 Å². The first-order chi connectivity index (χ1) is 13.0. The van der Waals surface area contributed by atoms with E-state index in [1.807, 2.05) is 0 Å². The van der Waals surface area contributed by atoms with Gasteiger partial charge >= 0.3 is 5.97 Å². The number of nitrogens with one attached hydrogen (secondary N) is 1. The minimum atomic E-state index is -1.16. The monoisotopic (exact) mass is 363 g/mol. The number of ketones is 1. The molecule has 0 spiro atoms. The molecule has 1 unspecified atom stereocenters. The molecule has 0 fully saturated rings. The Balaban J connectivity index is 1.84. The summed E-state index contributed by atoms with van der Waals surface area (Å²) in [5, 5.41) is 2.69. The molecule has 1 atom stereocenters. The Morgan fingerprint density at radius 2 is 1.74 bits per heavy atom. The van der Waals surface area contributed by atoms with Crippen LogP contribution in [0.15, 0.2) is 77.6 Å². The summed E-state index contributed by atoms with van der Waals surface area (Å²) in [6.07, 6.45) is 1.44. The highest BCUT2D eigenvalue weighted by Gasteiger charge is 2.26. The van der Waals surface area contributed by atoms with Crippen molar-refractivity contribution in [2.75, 3.05) is 5.32 Å². The molecule has 27 heavy (non-hydrogen) atoms. The number of Topliss-reactive ketones (excluding diaryl/α,β-unsaturated/α-hetero) is 1. The van der Waals surface area contributed by atoms with Crippen LogP contribution in [0.3, 0.4) is 0 Å². The van der Waals surface area contributed by atoms with Crippen LogP contribution in [0.25, 0.3) is 0 Å². The smallest absolute Gasteiger partial charge is 0.342 e. The lowest BCUT2D eigenvalue weighted by Gasteiger charge is -2.18. The highest BCUT2D eigenvalue weighted by atomic mass is 16.5. The number of carbonyl (C=O) groups excluding carboxylic acids is 3. The molecule has 6 heteroatoms. The van der Waals surface area contributed by atoms with Crippen LogP contribution in [-0.2, 0) is 9.53 Å². The van der Waals surface area contributed by atoms with Crippen LogP contribution < -0.4 is 5.32 Å². The Morgan fingerprint density at radius 1 is 0.963 bits per heavy atom. The molecule has 0 saturated heterocycles. The zero-order chi connectivity index (χ0) is 19.2. The molecule has 1 amide bonds. The topological polar surface area (TPSA) is 85.6 Å².